The lowest BCUT2D eigenvalue weighted by atomic mass is 9.79. The van der Waals surface area contributed by atoms with E-state index >= 15 is 0 Å². The lowest BCUT2D eigenvalue weighted by Crippen LogP contribution is -2.32. The molecule has 1 heterocycles. The van der Waals surface area contributed by atoms with Gasteiger partial charge in [0.1, 0.15) is 3.70 Å². The molecule has 0 unspecified atom stereocenters. The van der Waals surface area contributed by atoms with Crippen molar-refractivity contribution in [1.82, 2.24) is 4.98 Å². The zero-order valence-corrected chi connectivity index (χ0v) is 8.11. The average molecular weight is 263 g/mol. The maximum absolute atomic E-state index is 8.81. The molecule has 0 aliphatic carbocycles. The third-order valence-electron chi connectivity index (χ3n) is 1.37. The smallest absolute Gasteiger partial charge is 0.423 e. The van der Waals surface area contributed by atoms with Crippen molar-refractivity contribution in [3.63, 3.8) is 0 Å². The van der Waals surface area contributed by atoms with Crippen LogP contribution in [-0.4, -0.2) is 22.2 Å². The van der Waals surface area contributed by atoms with Crippen LogP contribution in [0.25, 0.3) is 0 Å². The molecule has 0 fully saturated rings. The lowest BCUT2D eigenvalue weighted by Gasteiger charge is -2.02. The molecule has 11 heavy (non-hydrogen) atoms. The second-order valence-electron chi connectivity index (χ2n) is 2.18. The second-order valence-corrected chi connectivity index (χ2v) is 3.29. The van der Waals surface area contributed by atoms with Gasteiger partial charge in [-0.3, -0.25) is 0 Å². The van der Waals surface area contributed by atoms with Crippen LogP contribution in [0, 0.1) is 10.6 Å². The highest BCUT2D eigenvalue weighted by Gasteiger charge is 2.13. The Morgan fingerprint density at radius 1 is 1.45 bits per heavy atom. The second kappa shape index (κ2) is 3.51. The van der Waals surface area contributed by atoms with Gasteiger partial charge in [0.15, 0.2) is 0 Å². The fraction of sp³-hybridized carbons (Fsp3) is 0.167. The maximum Gasteiger partial charge on any atom is 0.490 e. The summed E-state index contributed by atoms with van der Waals surface area (Å²) in [4.78, 5) is 4.06. The molecule has 0 aliphatic rings. The number of rotatable bonds is 1. The normalized spacial score (nSPS) is 9.82. The molecular weight excluding hydrogens is 256 g/mol. The SMILES string of the molecule is Cc1nc(I)ccc1B(O)O. The van der Waals surface area contributed by atoms with Crippen molar-refractivity contribution in [2.24, 2.45) is 0 Å². The summed E-state index contributed by atoms with van der Waals surface area (Å²) in [6.07, 6.45) is 0. The summed E-state index contributed by atoms with van der Waals surface area (Å²) in [7, 11) is -1.42. The molecule has 0 amide bonds. The summed E-state index contributed by atoms with van der Waals surface area (Å²) in [6.45, 7) is 1.75. The van der Waals surface area contributed by atoms with Crippen molar-refractivity contribution < 1.29 is 10.0 Å². The zero-order chi connectivity index (χ0) is 8.43. The van der Waals surface area contributed by atoms with E-state index in [0.717, 1.165) is 3.70 Å². The van der Waals surface area contributed by atoms with E-state index in [0.29, 0.717) is 11.2 Å². The Morgan fingerprint density at radius 2 is 2.09 bits per heavy atom. The van der Waals surface area contributed by atoms with E-state index in [1.165, 1.54) is 0 Å². The summed E-state index contributed by atoms with van der Waals surface area (Å²) in [5, 5.41) is 17.6. The Morgan fingerprint density at radius 3 is 2.55 bits per heavy atom. The first-order valence-corrected chi connectivity index (χ1v) is 4.18. The van der Waals surface area contributed by atoms with Crippen LogP contribution in [0.4, 0.5) is 0 Å². The fourth-order valence-corrected chi connectivity index (χ4v) is 1.36. The van der Waals surface area contributed by atoms with Gasteiger partial charge in [0, 0.05) is 11.2 Å². The predicted molar refractivity (Wildman–Crippen MR) is 51.5 cm³/mol. The molecule has 0 atom stereocenters. The van der Waals surface area contributed by atoms with Crippen LogP contribution in [0.5, 0.6) is 0 Å². The monoisotopic (exact) mass is 263 g/mol. The van der Waals surface area contributed by atoms with Crippen LogP contribution in [0.2, 0.25) is 0 Å². The van der Waals surface area contributed by atoms with Gasteiger partial charge in [0.2, 0.25) is 0 Å². The predicted octanol–water partition coefficient (Wildman–Crippen LogP) is -0.326. The van der Waals surface area contributed by atoms with Crippen molar-refractivity contribution >= 4 is 35.2 Å². The minimum Gasteiger partial charge on any atom is -0.423 e. The van der Waals surface area contributed by atoms with Gasteiger partial charge >= 0.3 is 7.12 Å². The summed E-state index contributed by atoms with van der Waals surface area (Å²) >= 11 is 2.07. The van der Waals surface area contributed by atoms with Crippen LogP contribution >= 0.6 is 22.6 Å². The number of hydrogen-bond acceptors (Lipinski definition) is 3. The van der Waals surface area contributed by atoms with E-state index in [2.05, 4.69) is 27.6 Å². The van der Waals surface area contributed by atoms with Crippen LogP contribution in [0.1, 0.15) is 5.69 Å². The number of aromatic nitrogens is 1. The number of nitrogens with zero attached hydrogens (tertiary/aromatic N) is 1. The molecule has 0 saturated heterocycles. The Bertz CT molecular complexity index is 267. The largest absolute Gasteiger partial charge is 0.490 e. The molecule has 0 spiro atoms. The van der Waals surface area contributed by atoms with Crippen LogP contribution in [0.3, 0.4) is 0 Å². The molecule has 58 valence electrons. The zero-order valence-electron chi connectivity index (χ0n) is 5.95. The molecule has 1 aromatic heterocycles. The number of aryl methyl sites for hydroxylation is 1. The van der Waals surface area contributed by atoms with E-state index in [4.69, 9.17) is 10.0 Å². The van der Waals surface area contributed by atoms with Gasteiger partial charge in [0.05, 0.1) is 0 Å². The summed E-state index contributed by atoms with van der Waals surface area (Å²) < 4.78 is 0.851. The first kappa shape index (κ1) is 8.96. The standard InChI is InChI=1S/C6H7BINO2/c1-4-5(7(10)11)2-3-6(8)9-4/h2-3,10-11H,1H3. The molecule has 1 aromatic rings. The highest BCUT2D eigenvalue weighted by molar-refractivity contribution is 14.1. The van der Waals surface area contributed by atoms with E-state index in [9.17, 15) is 0 Å². The van der Waals surface area contributed by atoms with Gasteiger partial charge in [-0.05, 0) is 35.6 Å². The highest BCUT2D eigenvalue weighted by atomic mass is 127. The third kappa shape index (κ3) is 2.15. The Balaban J connectivity index is 3.09. The molecule has 2 N–H and O–H groups in total. The number of pyridine rings is 1. The molecular formula is C6H7BINO2. The van der Waals surface area contributed by atoms with Crippen LogP contribution in [0.15, 0.2) is 12.1 Å². The molecule has 0 radical (unpaired) electrons. The lowest BCUT2D eigenvalue weighted by molar-refractivity contribution is 0.425. The minimum absolute atomic E-state index is 0.463. The van der Waals surface area contributed by atoms with E-state index in [1.54, 1.807) is 19.1 Å². The van der Waals surface area contributed by atoms with Gasteiger partial charge in [-0.15, -0.1) is 0 Å². The number of halogens is 1. The van der Waals surface area contributed by atoms with Crippen molar-refractivity contribution in [3.05, 3.63) is 21.5 Å². The summed E-state index contributed by atoms with van der Waals surface area (Å²) in [5.74, 6) is 0. The topological polar surface area (TPSA) is 53.4 Å². The number of hydrogen-bond donors (Lipinski definition) is 2. The molecule has 0 aliphatic heterocycles. The van der Waals surface area contributed by atoms with E-state index in [-0.39, 0.29) is 0 Å². The Kier molecular flexibility index (Phi) is 2.86. The molecule has 3 nitrogen and oxygen atoms in total. The summed E-state index contributed by atoms with van der Waals surface area (Å²) in [5.41, 5.74) is 1.12. The van der Waals surface area contributed by atoms with E-state index in [1.807, 2.05) is 0 Å². The maximum atomic E-state index is 8.81. The quantitative estimate of drug-likeness (QED) is 0.414. The van der Waals surface area contributed by atoms with Crippen molar-refractivity contribution in [3.8, 4) is 0 Å². The van der Waals surface area contributed by atoms with Gasteiger partial charge in [-0.25, -0.2) is 4.98 Å². The van der Waals surface area contributed by atoms with Crippen molar-refractivity contribution in [2.75, 3.05) is 0 Å². The average Bonchev–Trinajstić information content (AvgIpc) is 1.85. The van der Waals surface area contributed by atoms with Crippen molar-refractivity contribution in [2.45, 2.75) is 6.92 Å². The first-order valence-electron chi connectivity index (χ1n) is 3.10. The van der Waals surface area contributed by atoms with Crippen LogP contribution < -0.4 is 5.46 Å². The van der Waals surface area contributed by atoms with Gasteiger partial charge in [-0.2, -0.15) is 0 Å². The van der Waals surface area contributed by atoms with E-state index < -0.39 is 7.12 Å². The molecule has 1 rings (SSSR count). The van der Waals surface area contributed by atoms with Crippen LogP contribution in [-0.2, 0) is 0 Å². The molecule has 0 saturated carbocycles. The third-order valence-corrected chi connectivity index (χ3v) is 1.97. The Hall–Kier alpha value is -0.135. The van der Waals surface area contributed by atoms with Crippen molar-refractivity contribution in [1.29, 1.82) is 0 Å². The summed E-state index contributed by atoms with van der Waals surface area (Å²) in [6, 6.07) is 3.40. The first-order chi connectivity index (χ1) is 5.11. The van der Waals surface area contributed by atoms with Gasteiger partial charge in [-0.1, -0.05) is 6.07 Å². The minimum atomic E-state index is -1.42. The molecule has 5 heteroatoms. The van der Waals surface area contributed by atoms with Gasteiger partial charge < -0.3 is 10.0 Å². The molecule has 0 aromatic carbocycles. The van der Waals surface area contributed by atoms with Gasteiger partial charge in [0.25, 0.3) is 0 Å². The highest BCUT2D eigenvalue weighted by Crippen LogP contribution is 1.99. The fourth-order valence-electron chi connectivity index (χ4n) is 0.814. The molecule has 0 bridgehead atoms. The Labute approximate surface area is 78.8 Å².